The molecule has 0 saturated carbocycles. The fraction of sp³-hybridized carbons (Fsp3) is 0.100. The van der Waals surface area contributed by atoms with E-state index >= 15 is 0 Å². The van der Waals surface area contributed by atoms with Crippen LogP contribution in [-0.4, -0.2) is 16.9 Å². The molecule has 0 unspecified atom stereocenters. The third-order valence-electron chi connectivity index (χ3n) is 1.88. The molecular formula is C10H9N3O2. The third-order valence-corrected chi connectivity index (χ3v) is 1.88. The van der Waals surface area contributed by atoms with Gasteiger partial charge in [0.15, 0.2) is 7.05 Å². The van der Waals surface area contributed by atoms with Crippen molar-refractivity contribution in [3.63, 3.8) is 0 Å². The van der Waals surface area contributed by atoms with E-state index in [1.807, 2.05) is 30.3 Å². The van der Waals surface area contributed by atoms with Crippen molar-refractivity contribution < 1.29 is 9.70 Å². The van der Waals surface area contributed by atoms with Crippen molar-refractivity contribution >= 4 is 10.8 Å². The molecule has 0 bridgehead atoms. The van der Waals surface area contributed by atoms with Crippen LogP contribution in [0.5, 0.6) is 5.88 Å². The summed E-state index contributed by atoms with van der Waals surface area (Å²) in [5.41, 5.74) is 0. The zero-order valence-electron chi connectivity index (χ0n) is 8.12. The number of hydroxylamine groups is 1. The molecule has 15 heavy (non-hydrogen) atoms. The molecule has 2 rings (SSSR count). The van der Waals surface area contributed by atoms with Crippen LogP contribution in [0.3, 0.4) is 0 Å². The summed E-state index contributed by atoms with van der Waals surface area (Å²) in [5, 5.41) is 15.6. The Kier molecular flexibility index (Phi) is 2.45. The van der Waals surface area contributed by atoms with Crippen LogP contribution in [0.25, 0.3) is 10.8 Å². The molecule has 1 aromatic carbocycles. The van der Waals surface area contributed by atoms with Gasteiger partial charge in [0.05, 0.1) is 0 Å². The molecule has 5 heteroatoms. The summed E-state index contributed by atoms with van der Waals surface area (Å²) in [6.45, 7) is 0. The molecule has 0 aliphatic heterocycles. The Labute approximate surface area is 86.2 Å². The largest absolute Gasteiger partial charge is 0.598 e. The van der Waals surface area contributed by atoms with Crippen LogP contribution in [0.15, 0.2) is 41.8 Å². The zero-order chi connectivity index (χ0) is 10.7. The lowest BCUT2D eigenvalue weighted by atomic mass is 10.2. The van der Waals surface area contributed by atoms with Gasteiger partial charge in [0, 0.05) is 11.6 Å². The van der Waals surface area contributed by atoms with Crippen LogP contribution in [0.1, 0.15) is 0 Å². The summed E-state index contributed by atoms with van der Waals surface area (Å²) < 4.78 is 0. The molecule has 76 valence electrons. The van der Waals surface area contributed by atoms with Gasteiger partial charge in [-0.2, -0.15) is 0 Å². The molecule has 0 saturated heterocycles. The first-order chi connectivity index (χ1) is 7.27. The SMILES string of the molecule is C[N+]([O-])=NOc1nccc2ccccc12. The number of hydrogen-bond donors (Lipinski definition) is 0. The van der Waals surface area contributed by atoms with E-state index in [-0.39, 0.29) is 0 Å². The summed E-state index contributed by atoms with van der Waals surface area (Å²) >= 11 is 0. The first-order valence-electron chi connectivity index (χ1n) is 4.40. The molecule has 0 atom stereocenters. The van der Waals surface area contributed by atoms with E-state index in [4.69, 9.17) is 4.84 Å². The molecule has 0 amide bonds. The quantitative estimate of drug-likeness (QED) is 0.426. The predicted octanol–water partition coefficient (Wildman–Crippen LogP) is 2.12. The Morgan fingerprint density at radius 1 is 1.33 bits per heavy atom. The lowest BCUT2D eigenvalue weighted by molar-refractivity contribution is -0.522. The van der Waals surface area contributed by atoms with Gasteiger partial charge in [0.2, 0.25) is 5.28 Å². The van der Waals surface area contributed by atoms with Crippen molar-refractivity contribution in [2.45, 2.75) is 0 Å². The Balaban J connectivity index is 2.47. The third kappa shape index (κ3) is 2.01. The lowest BCUT2D eigenvalue weighted by Gasteiger charge is -2.00. The average molecular weight is 203 g/mol. The van der Waals surface area contributed by atoms with Gasteiger partial charge < -0.3 is 5.21 Å². The Morgan fingerprint density at radius 3 is 2.93 bits per heavy atom. The molecule has 2 aromatic rings. The van der Waals surface area contributed by atoms with Gasteiger partial charge in [0.1, 0.15) is 0 Å². The topological polar surface area (TPSA) is 60.5 Å². The average Bonchev–Trinajstić information content (AvgIpc) is 2.26. The molecule has 0 aliphatic carbocycles. The minimum atomic E-state index is 0.329. The first kappa shape index (κ1) is 9.39. The van der Waals surface area contributed by atoms with Crippen molar-refractivity contribution in [2.75, 3.05) is 7.05 Å². The number of hydrogen-bond acceptors (Lipinski definition) is 4. The maximum Gasteiger partial charge on any atom is 0.262 e. The van der Waals surface area contributed by atoms with E-state index < -0.39 is 0 Å². The highest BCUT2D eigenvalue weighted by molar-refractivity contribution is 5.86. The van der Waals surface area contributed by atoms with Gasteiger partial charge in [-0.05, 0) is 17.5 Å². The van der Waals surface area contributed by atoms with Gasteiger partial charge in [0.25, 0.3) is 5.88 Å². The molecule has 0 fully saturated rings. The second kappa shape index (κ2) is 3.91. The molecule has 0 aliphatic rings. The van der Waals surface area contributed by atoms with Crippen LogP contribution in [0, 0.1) is 5.21 Å². The summed E-state index contributed by atoms with van der Waals surface area (Å²) in [4.78, 5) is 9.24. The predicted molar refractivity (Wildman–Crippen MR) is 54.4 cm³/mol. The molecule has 0 spiro atoms. The number of rotatable bonds is 2. The normalized spacial score (nSPS) is 11.7. The van der Waals surface area contributed by atoms with Crippen LogP contribution >= 0.6 is 0 Å². The molecule has 1 heterocycles. The number of pyridine rings is 1. The van der Waals surface area contributed by atoms with Gasteiger partial charge in [-0.3, -0.25) is 4.84 Å². The molecule has 5 nitrogen and oxygen atoms in total. The van der Waals surface area contributed by atoms with Crippen molar-refractivity contribution in [1.29, 1.82) is 0 Å². The van der Waals surface area contributed by atoms with E-state index in [9.17, 15) is 5.21 Å². The summed E-state index contributed by atoms with van der Waals surface area (Å²) in [6.07, 6.45) is 1.61. The van der Waals surface area contributed by atoms with Gasteiger partial charge in [-0.1, -0.05) is 23.1 Å². The Hall–Kier alpha value is -2.17. The van der Waals surface area contributed by atoms with Crippen LogP contribution < -0.4 is 4.84 Å². The zero-order valence-corrected chi connectivity index (χ0v) is 8.12. The van der Waals surface area contributed by atoms with Crippen molar-refractivity contribution in [2.24, 2.45) is 5.28 Å². The maximum atomic E-state index is 10.6. The minimum Gasteiger partial charge on any atom is -0.598 e. The van der Waals surface area contributed by atoms with Crippen molar-refractivity contribution in [3.05, 3.63) is 41.7 Å². The monoisotopic (exact) mass is 203 g/mol. The fourth-order valence-electron chi connectivity index (χ4n) is 1.26. The smallest absolute Gasteiger partial charge is 0.262 e. The van der Waals surface area contributed by atoms with E-state index in [1.54, 1.807) is 6.20 Å². The Bertz CT molecular complexity index is 501. The van der Waals surface area contributed by atoms with Crippen LogP contribution in [0.2, 0.25) is 0 Å². The van der Waals surface area contributed by atoms with Crippen molar-refractivity contribution in [3.8, 4) is 5.88 Å². The molecule has 0 radical (unpaired) electrons. The second-order valence-corrected chi connectivity index (χ2v) is 2.97. The van der Waals surface area contributed by atoms with Crippen LogP contribution in [0.4, 0.5) is 0 Å². The van der Waals surface area contributed by atoms with Crippen LogP contribution in [-0.2, 0) is 0 Å². The Morgan fingerprint density at radius 2 is 2.13 bits per heavy atom. The number of benzene rings is 1. The highest BCUT2D eigenvalue weighted by Gasteiger charge is 2.03. The summed E-state index contributed by atoms with van der Waals surface area (Å²) in [6, 6.07) is 9.45. The number of aromatic nitrogens is 1. The molecule has 1 aromatic heterocycles. The highest BCUT2D eigenvalue weighted by Crippen LogP contribution is 2.22. The minimum absolute atomic E-state index is 0.329. The van der Waals surface area contributed by atoms with E-state index in [1.165, 1.54) is 7.05 Å². The van der Waals surface area contributed by atoms with E-state index in [0.717, 1.165) is 10.8 Å². The standard InChI is InChI=1S/C10H9N3O2/c1-13(14)12-15-10-9-5-3-2-4-8(9)6-7-11-10/h2-7H,1H3. The van der Waals surface area contributed by atoms with Crippen molar-refractivity contribution in [1.82, 2.24) is 4.98 Å². The molecular weight excluding hydrogens is 194 g/mol. The van der Waals surface area contributed by atoms with Gasteiger partial charge in [-0.25, -0.2) is 4.98 Å². The van der Waals surface area contributed by atoms with E-state index in [2.05, 4.69) is 10.3 Å². The van der Waals surface area contributed by atoms with Gasteiger partial charge >= 0.3 is 0 Å². The number of nitrogens with zero attached hydrogens (tertiary/aromatic N) is 3. The van der Waals surface area contributed by atoms with E-state index in [0.29, 0.717) is 10.7 Å². The first-order valence-corrected chi connectivity index (χ1v) is 4.40. The maximum absolute atomic E-state index is 10.6. The summed E-state index contributed by atoms with van der Waals surface area (Å²) in [7, 11) is 1.24. The lowest BCUT2D eigenvalue weighted by Crippen LogP contribution is -1.95. The van der Waals surface area contributed by atoms with Gasteiger partial charge in [-0.15, -0.1) is 0 Å². The molecule has 0 N–H and O–H groups in total. The second-order valence-electron chi connectivity index (χ2n) is 2.97. The fourth-order valence-corrected chi connectivity index (χ4v) is 1.26. The summed E-state index contributed by atoms with van der Waals surface area (Å²) in [5.74, 6) is 0.329. The highest BCUT2D eigenvalue weighted by atomic mass is 16.7. The number of fused-ring (bicyclic) bond motifs is 1.